The summed E-state index contributed by atoms with van der Waals surface area (Å²) < 4.78 is 1.88. The van der Waals surface area contributed by atoms with Gasteiger partial charge in [0.2, 0.25) is 0 Å². The normalized spacial score (nSPS) is 10.9. The van der Waals surface area contributed by atoms with Crippen LogP contribution in [0.1, 0.15) is 13.8 Å². The van der Waals surface area contributed by atoms with Crippen molar-refractivity contribution in [2.75, 3.05) is 0 Å². The Morgan fingerprint density at radius 1 is 0.783 bits per heavy atom. The average Bonchev–Trinajstić information content (AvgIpc) is 2.58. The molecule has 23 heavy (non-hydrogen) atoms. The van der Waals surface area contributed by atoms with Crippen molar-refractivity contribution in [1.82, 2.24) is 4.57 Å². The standard InChI is InChI=1S/C21H21NO/c1-16(2)15-22-20(18-11-7-4-8-12-18)13-19(14-21(22)23)17-9-5-3-6-10-17/h3-14,16H,15H2,1-2H3. The molecule has 3 aromatic rings. The van der Waals surface area contributed by atoms with E-state index in [1.54, 1.807) is 6.07 Å². The summed E-state index contributed by atoms with van der Waals surface area (Å²) in [5.41, 5.74) is 4.14. The molecule has 0 N–H and O–H groups in total. The van der Waals surface area contributed by atoms with E-state index in [9.17, 15) is 4.79 Å². The van der Waals surface area contributed by atoms with E-state index in [-0.39, 0.29) is 5.56 Å². The largest absolute Gasteiger partial charge is 0.308 e. The second-order valence-corrected chi connectivity index (χ2v) is 6.20. The van der Waals surface area contributed by atoms with Gasteiger partial charge in [-0.2, -0.15) is 0 Å². The van der Waals surface area contributed by atoms with Gasteiger partial charge in [0.1, 0.15) is 0 Å². The summed E-state index contributed by atoms with van der Waals surface area (Å²) in [6.07, 6.45) is 0. The summed E-state index contributed by atoms with van der Waals surface area (Å²) in [4.78, 5) is 12.7. The van der Waals surface area contributed by atoms with Gasteiger partial charge in [0, 0.05) is 12.6 Å². The Labute approximate surface area is 137 Å². The Kier molecular flexibility index (Phi) is 4.42. The first-order valence-electron chi connectivity index (χ1n) is 8.01. The minimum absolute atomic E-state index is 0.0545. The lowest BCUT2D eigenvalue weighted by Gasteiger charge is -2.16. The Balaban J connectivity index is 2.21. The molecule has 0 bridgehead atoms. The lowest BCUT2D eigenvalue weighted by molar-refractivity contribution is 0.515. The van der Waals surface area contributed by atoms with Crippen LogP contribution < -0.4 is 5.56 Å². The van der Waals surface area contributed by atoms with Crippen molar-refractivity contribution in [2.24, 2.45) is 5.92 Å². The molecule has 2 nitrogen and oxygen atoms in total. The number of benzene rings is 2. The molecule has 0 fully saturated rings. The molecule has 0 saturated carbocycles. The molecule has 0 radical (unpaired) electrons. The first-order chi connectivity index (χ1) is 11.1. The van der Waals surface area contributed by atoms with Crippen molar-refractivity contribution >= 4 is 0 Å². The highest BCUT2D eigenvalue weighted by molar-refractivity contribution is 5.70. The lowest BCUT2D eigenvalue weighted by Crippen LogP contribution is -2.23. The van der Waals surface area contributed by atoms with Gasteiger partial charge >= 0.3 is 0 Å². The highest BCUT2D eigenvalue weighted by Gasteiger charge is 2.11. The summed E-state index contributed by atoms with van der Waals surface area (Å²) in [5, 5.41) is 0. The monoisotopic (exact) mass is 303 g/mol. The highest BCUT2D eigenvalue weighted by Crippen LogP contribution is 2.25. The van der Waals surface area contributed by atoms with Gasteiger partial charge < -0.3 is 4.57 Å². The second-order valence-electron chi connectivity index (χ2n) is 6.20. The highest BCUT2D eigenvalue weighted by atomic mass is 16.1. The molecule has 2 heteroatoms. The molecular formula is C21H21NO. The van der Waals surface area contributed by atoms with Crippen LogP contribution in [0.15, 0.2) is 77.6 Å². The number of pyridine rings is 1. The van der Waals surface area contributed by atoms with Gasteiger partial charge in [0.05, 0.1) is 5.69 Å². The van der Waals surface area contributed by atoms with Gasteiger partial charge in [-0.3, -0.25) is 4.79 Å². The Bertz CT molecular complexity index is 833. The van der Waals surface area contributed by atoms with Crippen LogP contribution in [-0.4, -0.2) is 4.57 Å². The van der Waals surface area contributed by atoms with Crippen molar-refractivity contribution < 1.29 is 0 Å². The Hall–Kier alpha value is -2.61. The molecule has 0 aliphatic rings. The number of hydrogen-bond acceptors (Lipinski definition) is 1. The third kappa shape index (κ3) is 3.42. The van der Waals surface area contributed by atoms with Gasteiger partial charge in [-0.05, 0) is 28.7 Å². The predicted octanol–water partition coefficient (Wildman–Crippen LogP) is 4.84. The zero-order chi connectivity index (χ0) is 16.2. The van der Waals surface area contributed by atoms with Gasteiger partial charge in [0.15, 0.2) is 0 Å². The number of hydrogen-bond donors (Lipinski definition) is 0. The quantitative estimate of drug-likeness (QED) is 0.676. The third-order valence-electron chi connectivity index (χ3n) is 3.85. The molecule has 1 aromatic heterocycles. The summed E-state index contributed by atoms with van der Waals surface area (Å²) in [5.74, 6) is 0.415. The fourth-order valence-electron chi connectivity index (χ4n) is 2.80. The molecule has 0 aliphatic heterocycles. The van der Waals surface area contributed by atoms with Crippen LogP contribution >= 0.6 is 0 Å². The first kappa shape index (κ1) is 15.3. The van der Waals surface area contributed by atoms with Crippen LogP contribution in [0.25, 0.3) is 22.4 Å². The minimum Gasteiger partial charge on any atom is -0.308 e. The van der Waals surface area contributed by atoms with Gasteiger partial charge in [-0.15, -0.1) is 0 Å². The average molecular weight is 303 g/mol. The Morgan fingerprint density at radius 2 is 1.35 bits per heavy atom. The van der Waals surface area contributed by atoms with E-state index in [4.69, 9.17) is 0 Å². The molecule has 0 spiro atoms. The molecule has 116 valence electrons. The second kappa shape index (κ2) is 6.66. The first-order valence-corrected chi connectivity index (χ1v) is 8.01. The van der Waals surface area contributed by atoms with Crippen molar-refractivity contribution in [2.45, 2.75) is 20.4 Å². The summed E-state index contributed by atoms with van der Waals surface area (Å²) in [7, 11) is 0. The van der Waals surface area contributed by atoms with Crippen LogP contribution in [0.2, 0.25) is 0 Å². The molecule has 0 amide bonds. The lowest BCUT2D eigenvalue weighted by atomic mass is 10.0. The van der Waals surface area contributed by atoms with Crippen LogP contribution in [0.5, 0.6) is 0 Å². The van der Waals surface area contributed by atoms with Crippen molar-refractivity contribution in [1.29, 1.82) is 0 Å². The molecule has 0 saturated heterocycles. The summed E-state index contributed by atoms with van der Waals surface area (Å²) in [6.45, 7) is 4.98. The third-order valence-corrected chi connectivity index (χ3v) is 3.85. The van der Waals surface area contributed by atoms with Gasteiger partial charge in [0.25, 0.3) is 5.56 Å². The van der Waals surface area contributed by atoms with Crippen LogP contribution in [0.3, 0.4) is 0 Å². The smallest absolute Gasteiger partial charge is 0.251 e. The van der Waals surface area contributed by atoms with E-state index in [1.165, 1.54) is 0 Å². The fourth-order valence-corrected chi connectivity index (χ4v) is 2.80. The predicted molar refractivity (Wildman–Crippen MR) is 96.4 cm³/mol. The molecule has 2 aromatic carbocycles. The summed E-state index contributed by atoms with van der Waals surface area (Å²) >= 11 is 0. The SMILES string of the molecule is CC(C)Cn1c(-c2ccccc2)cc(-c2ccccc2)cc1=O. The van der Waals surface area contributed by atoms with E-state index in [1.807, 2.05) is 53.1 Å². The van der Waals surface area contributed by atoms with E-state index < -0.39 is 0 Å². The van der Waals surface area contributed by atoms with Crippen molar-refractivity contribution in [3.63, 3.8) is 0 Å². The van der Waals surface area contributed by atoms with Gasteiger partial charge in [-0.25, -0.2) is 0 Å². The maximum Gasteiger partial charge on any atom is 0.251 e. The molecular weight excluding hydrogens is 282 g/mol. The Morgan fingerprint density at radius 3 is 1.91 bits per heavy atom. The molecule has 0 aliphatic carbocycles. The maximum absolute atomic E-state index is 12.7. The molecule has 0 atom stereocenters. The molecule has 3 rings (SSSR count). The number of aromatic nitrogens is 1. The van der Waals surface area contributed by atoms with E-state index in [0.717, 1.165) is 28.9 Å². The zero-order valence-electron chi connectivity index (χ0n) is 13.6. The van der Waals surface area contributed by atoms with Crippen molar-refractivity contribution in [3.8, 4) is 22.4 Å². The summed E-state index contributed by atoms with van der Waals surface area (Å²) in [6, 6.07) is 24.0. The maximum atomic E-state index is 12.7. The van der Waals surface area contributed by atoms with Crippen LogP contribution in [0, 0.1) is 5.92 Å². The number of rotatable bonds is 4. The van der Waals surface area contributed by atoms with E-state index in [2.05, 4.69) is 32.0 Å². The van der Waals surface area contributed by atoms with E-state index in [0.29, 0.717) is 5.92 Å². The van der Waals surface area contributed by atoms with E-state index >= 15 is 0 Å². The van der Waals surface area contributed by atoms with Gasteiger partial charge in [-0.1, -0.05) is 74.5 Å². The van der Waals surface area contributed by atoms with Crippen LogP contribution in [-0.2, 0) is 6.54 Å². The van der Waals surface area contributed by atoms with Crippen molar-refractivity contribution in [3.05, 3.63) is 83.2 Å². The van der Waals surface area contributed by atoms with Crippen LogP contribution in [0.4, 0.5) is 0 Å². The molecule has 0 unspecified atom stereocenters. The minimum atomic E-state index is 0.0545. The molecule has 1 heterocycles. The topological polar surface area (TPSA) is 22.0 Å². The zero-order valence-corrected chi connectivity index (χ0v) is 13.6. The number of nitrogens with zero attached hydrogens (tertiary/aromatic N) is 1. The fraction of sp³-hybridized carbons (Fsp3) is 0.190.